The molecule has 1 saturated heterocycles. The maximum atomic E-state index is 14.3. The summed E-state index contributed by atoms with van der Waals surface area (Å²) in [6.07, 6.45) is 0.252. The largest absolute Gasteiger partial charge is 0.494 e. The summed E-state index contributed by atoms with van der Waals surface area (Å²) in [5.74, 6) is -0.557. The van der Waals surface area contributed by atoms with Gasteiger partial charge in [0.2, 0.25) is 0 Å². The second-order valence-corrected chi connectivity index (χ2v) is 4.35. The molecule has 1 aromatic rings. The first-order valence-electron chi connectivity index (χ1n) is 5.91. The van der Waals surface area contributed by atoms with E-state index in [1.54, 1.807) is 6.07 Å². The number of ether oxygens (including phenoxy) is 1. The van der Waals surface area contributed by atoms with Gasteiger partial charge in [-0.3, -0.25) is 0 Å². The molecule has 0 aromatic heterocycles. The lowest BCUT2D eigenvalue weighted by molar-refractivity contribution is 0.184. The number of halogens is 2. The first-order valence-corrected chi connectivity index (χ1v) is 5.91. The van der Waals surface area contributed by atoms with E-state index in [0.29, 0.717) is 0 Å². The Labute approximate surface area is 100.0 Å². The number of hydrogen-bond donors (Lipinski definition) is 1. The van der Waals surface area contributed by atoms with E-state index in [9.17, 15) is 8.78 Å². The lowest BCUT2D eigenvalue weighted by Gasteiger charge is -2.26. The molecule has 1 fully saturated rings. The van der Waals surface area contributed by atoms with Crippen LogP contribution >= 0.6 is 0 Å². The average molecular weight is 241 g/mol. The monoisotopic (exact) mass is 241 g/mol. The third-order valence-electron chi connectivity index (χ3n) is 3.31. The van der Waals surface area contributed by atoms with Crippen molar-refractivity contribution in [1.29, 1.82) is 0 Å². The highest BCUT2D eigenvalue weighted by atomic mass is 19.1. The summed E-state index contributed by atoms with van der Waals surface area (Å²) in [5.41, 5.74) is 0.122. The van der Waals surface area contributed by atoms with Gasteiger partial charge in [0.1, 0.15) is 6.17 Å². The third kappa shape index (κ3) is 2.57. The fourth-order valence-electron chi connectivity index (χ4n) is 2.29. The van der Waals surface area contributed by atoms with Crippen LogP contribution in [0.25, 0.3) is 0 Å². The number of hydrogen-bond acceptors (Lipinski definition) is 2. The molecule has 0 bridgehead atoms. The van der Waals surface area contributed by atoms with Crippen molar-refractivity contribution < 1.29 is 13.5 Å². The van der Waals surface area contributed by atoms with Crippen molar-refractivity contribution in [2.45, 2.75) is 19.0 Å². The van der Waals surface area contributed by atoms with Gasteiger partial charge in [0, 0.05) is 5.56 Å². The first kappa shape index (κ1) is 12.3. The highest BCUT2D eigenvalue weighted by Crippen LogP contribution is 2.35. The molecular formula is C13H17F2NO. The summed E-state index contributed by atoms with van der Waals surface area (Å²) in [6, 6.07) is 4.64. The van der Waals surface area contributed by atoms with E-state index < -0.39 is 12.0 Å². The van der Waals surface area contributed by atoms with Gasteiger partial charge in [0.05, 0.1) is 7.11 Å². The third-order valence-corrected chi connectivity index (χ3v) is 3.31. The van der Waals surface area contributed by atoms with E-state index in [1.807, 2.05) is 0 Å². The molecule has 0 aliphatic carbocycles. The zero-order valence-corrected chi connectivity index (χ0v) is 9.88. The van der Waals surface area contributed by atoms with Crippen molar-refractivity contribution in [1.82, 2.24) is 5.32 Å². The fraction of sp³-hybridized carbons (Fsp3) is 0.538. The molecule has 0 radical (unpaired) electrons. The summed E-state index contributed by atoms with van der Waals surface area (Å²) >= 11 is 0. The Morgan fingerprint density at radius 2 is 2.06 bits per heavy atom. The fourth-order valence-corrected chi connectivity index (χ4v) is 2.29. The lowest BCUT2D eigenvalue weighted by Crippen LogP contribution is -2.30. The van der Waals surface area contributed by atoms with Gasteiger partial charge in [-0.2, -0.15) is 0 Å². The number of alkyl halides is 1. The van der Waals surface area contributed by atoms with E-state index in [0.717, 1.165) is 25.9 Å². The van der Waals surface area contributed by atoms with Gasteiger partial charge in [0.25, 0.3) is 0 Å². The molecule has 2 rings (SSSR count). The van der Waals surface area contributed by atoms with Crippen LogP contribution in [-0.2, 0) is 0 Å². The van der Waals surface area contributed by atoms with Crippen LogP contribution in [0.2, 0.25) is 0 Å². The van der Waals surface area contributed by atoms with E-state index >= 15 is 0 Å². The molecule has 4 heteroatoms. The second-order valence-electron chi connectivity index (χ2n) is 4.35. The van der Waals surface area contributed by atoms with Crippen LogP contribution < -0.4 is 10.1 Å². The van der Waals surface area contributed by atoms with E-state index in [1.165, 1.54) is 19.2 Å². The Bertz CT molecular complexity index is 378. The molecule has 1 aliphatic rings. The van der Waals surface area contributed by atoms with Crippen LogP contribution in [-0.4, -0.2) is 20.2 Å². The average Bonchev–Trinajstić information content (AvgIpc) is 2.39. The molecule has 0 amide bonds. The second kappa shape index (κ2) is 5.45. The summed E-state index contributed by atoms with van der Waals surface area (Å²) in [4.78, 5) is 0. The molecule has 0 saturated carbocycles. The molecule has 1 unspecified atom stereocenters. The smallest absolute Gasteiger partial charge is 0.171 e. The Hall–Kier alpha value is -1.16. The molecule has 17 heavy (non-hydrogen) atoms. The van der Waals surface area contributed by atoms with Crippen molar-refractivity contribution in [3.63, 3.8) is 0 Å². The number of piperidine rings is 1. The molecule has 94 valence electrons. The lowest BCUT2D eigenvalue weighted by atomic mass is 9.89. The Kier molecular flexibility index (Phi) is 3.94. The predicted octanol–water partition coefficient (Wildman–Crippen LogP) is 2.84. The molecule has 1 aromatic carbocycles. The van der Waals surface area contributed by atoms with Gasteiger partial charge in [-0.05, 0) is 37.9 Å². The summed E-state index contributed by atoms with van der Waals surface area (Å²) in [7, 11) is 1.39. The van der Waals surface area contributed by atoms with Crippen LogP contribution in [0.1, 0.15) is 24.6 Å². The number of benzene rings is 1. The maximum absolute atomic E-state index is 14.3. The normalized spacial score (nSPS) is 19.0. The van der Waals surface area contributed by atoms with E-state index in [2.05, 4.69) is 5.32 Å². The van der Waals surface area contributed by atoms with Crippen molar-refractivity contribution in [2.75, 3.05) is 20.2 Å². The molecule has 2 nitrogen and oxygen atoms in total. The van der Waals surface area contributed by atoms with Crippen molar-refractivity contribution >= 4 is 0 Å². The SMILES string of the molecule is COc1cccc(C(F)C2CCNCC2)c1F. The van der Waals surface area contributed by atoms with Crippen LogP contribution in [0.4, 0.5) is 8.78 Å². The first-order chi connectivity index (χ1) is 8.24. The van der Waals surface area contributed by atoms with Crippen LogP contribution in [0.3, 0.4) is 0 Å². The van der Waals surface area contributed by atoms with Gasteiger partial charge in [0.15, 0.2) is 11.6 Å². The maximum Gasteiger partial charge on any atom is 0.171 e. The zero-order valence-electron chi connectivity index (χ0n) is 9.88. The van der Waals surface area contributed by atoms with E-state index in [-0.39, 0.29) is 17.2 Å². The Balaban J connectivity index is 2.20. The molecular weight excluding hydrogens is 224 g/mol. The predicted molar refractivity (Wildman–Crippen MR) is 62.4 cm³/mol. The van der Waals surface area contributed by atoms with E-state index in [4.69, 9.17) is 4.74 Å². The summed E-state index contributed by atoms with van der Waals surface area (Å²) in [6.45, 7) is 1.60. The van der Waals surface area contributed by atoms with Crippen LogP contribution in [0.15, 0.2) is 18.2 Å². The number of rotatable bonds is 3. The van der Waals surface area contributed by atoms with Gasteiger partial charge in [-0.25, -0.2) is 8.78 Å². The van der Waals surface area contributed by atoms with Gasteiger partial charge in [-0.15, -0.1) is 0 Å². The standard InChI is InChI=1S/C13H17F2NO/c1-17-11-4-2-3-10(13(11)15)12(14)9-5-7-16-8-6-9/h2-4,9,12,16H,5-8H2,1H3. The summed E-state index contributed by atoms with van der Waals surface area (Å²) < 4.78 is 33.0. The van der Waals surface area contributed by atoms with Crippen molar-refractivity contribution in [3.05, 3.63) is 29.6 Å². The Morgan fingerprint density at radius 3 is 2.71 bits per heavy atom. The van der Waals surface area contributed by atoms with Gasteiger partial charge in [-0.1, -0.05) is 12.1 Å². The number of methoxy groups -OCH3 is 1. The van der Waals surface area contributed by atoms with Gasteiger partial charge < -0.3 is 10.1 Å². The minimum atomic E-state index is -1.24. The molecule has 1 N–H and O–H groups in total. The molecule has 1 heterocycles. The molecule has 0 spiro atoms. The highest BCUT2D eigenvalue weighted by Gasteiger charge is 2.27. The van der Waals surface area contributed by atoms with Crippen molar-refractivity contribution in [2.24, 2.45) is 5.92 Å². The topological polar surface area (TPSA) is 21.3 Å². The minimum Gasteiger partial charge on any atom is -0.494 e. The van der Waals surface area contributed by atoms with Crippen molar-refractivity contribution in [3.8, 4) is 5.75 Å². The number of nitrogens with one attached hydrogen (secondary N) is 1. The molecule has 1 atom stereocenters. The van der Waals surface area contributed by atoms with Crippen LogP contribution in [0.5, 0.6) is 5.75 Å². The zero-order chi connectivity index (χ0) is 12.3. The van der Waals surface area contributed by atoms with Crippen LogP contribution in [0, 0.1) is 11.7 Å². The quantitative estimate of drug-likeness (QED) is 0.878. The Morgan fingerprint density at radius 1 is 1.35 bits per heavy atom. The highest BCUT2D eigenvalue weighted by molar-refractivity contribution is 5.32. The molecule has 1 aliphatic heterocycles. The minimum absolute atomic E-state index is 0.0992. The summed E-state index contributed by atoms with van der Waals surface area (Å²) in [5, 5.41) is 3.17. The van der Waals surface area contributed by atoms with Gasteiger partial charge >= 0.3 is 0 Å².